The number of rotatable bonds is 8. The molecule has 1 atom stereocenters. The molecule has 0 fully saturated rings. The molecule has 5 nitrogen and oxygen atoms in total. The van der Waals surface area contributed by atoms with Crippen LogP contribution in [0.15, 0.2) is 53.9 Å². The van der Waals surface area contributed by atoms with Gasteiger partial charge in [0.1, 0.15) is 11.5 Å². The van der Waals surface area contributed by atoms with Crippen molar-refractivity contribution in [2.45, 2.75) is 26.2 Å². The van der Waals surface area contributed by atoms with Gasteiger partial charge in [-0.15, -0.1) is 11.3 Å². The molecule has 0 aliphatic rings. The van der Waals surface area contributed by atoms with Crippen molar-refractivity contribution in [3.8, 4) is 22.8 Å². The van der Waals surface area contributed by atoms with E-state index in [1.165, 1.54) is 16.9 Å². The Bertz CT molecular complexity index is 904. The molecule has 0 radical (unpaired) electrons. The Labute approximate surface area is 169 Å². The molecule has 0 saturated heterocycles. The Morgan fingerprint density at radius 1 is 1.11 bits per heavy atom. The van der Waals surface area contributed by atoms with Gasteiger partial charge in [-0.25, -0.2) is 4.98 Å². The van der Waals surface area contributed by atoms with Crippen LogP contribution >= 0.6 is 11.3 Å². The Hall–Kier alpha value is -2.86. The Morgan fingerprint density at radius 2 is 1.79 bits per heavy atom. The lowest BCUT2D eigenvalue weighted by Crippen LogP contribution is -2.20. The van der Waals surface area contributed by atoms with Gasteiger partial charge in [-0.05, 0) is 54.3 Å². The molecule has 1 heterocycles. The van der Waals surface area contributed by atoms with E-state index in [0.29, 0.717) is 16.8 Å². The maximum Gasteiger partial charge on any atom is 0.264 e. The SMILES string of the molecule is CC[C@@H](C)c1ccc(OCC(=O)Nc2nc(-c3ccc(OC)cc3)cs2)cc1. The van der Waals surface area contributed by atoms with Crippen LogP contribution < -0.4 is 14.8 Å². The van der Waals surface area contributed by atoms with Crippen LogP contribution in [0.2, 0.25) is 0 Å². The molecule has 3 rings (SSSR count). The van der Waals surface area contributed by atoms with Crippen molar-refractivity contribution in [1.82, 2.24) is 4.98 Å². The van der Waals surface area contributed by atoms with Crippen molar-refractivity contribution in [2.75, 3.05) is 19.0 Å². The maximum atomic E-state index is 12.2. The number of amides is 1. The van der Waals surface area contributed by atoms with Gasteiger partial charge in [0, 0.05) is 10.9 Å². The number of nitrogens with one attached hydrogen (secondary N) is 1. The number of carbonyl (C=O) groups excluding carboxylic acids is 1. The second-order valence-corrected chi connectivity index (χ2v) is 7.34. The molecule has 146 valence electrons. The summed E-state index contributed by atoms with van der Waals surface area (Å²) in [5, 5.41) is 5.24. The highest BCUT2D eigenvalue weighted by atomic mass is 32.1. The van der Waals surface area contributed by atoms with Gasteiger partial charge in [0.15, 0.2) is 11.7 Å². The Kier molecular flexibility index (Phi) is 6.66. The average molecular weight is 397 g/mol. The van der Waals surface area contributed by atoms with E-state index in [1.54, 1.807) is 7.11 Å². The summed E-state index contributed by atoms with van der Waals surface area (Å²) in [4.78, 5) is 16.6. The quantitative estimate of drug-likeness (QED) is 0.558. The van der Waals surface area contributed by atoms with E-state index < -0.39 is 0 Å². The molecule has 28 heavy (non-hydrogen) atoms. The lowest BCUT2D eigenvalue weighted by molar-refractivity contribution is -0.118. The standard InChI is InChI=1S/C22H24N2O3S/c1-4-15(2)16-5-11-19(12-6-16)27-13-21(25)24-22-23-20(14-28-22)17-7-9-18(26-3)10-8-17/h5-12,14-15H,4,13H2,1-3H3,(H,23,24,25)/t15-/m1/s1. The predicted molar refractivity (Wildman–Crippen MR) is 113 cm³/mol. The Balaban J connectivity index is 1.53. The zero-order valence-electron chi connectivity index (χ0n) is 16.3. The number of ether oxygens (including phenoxy) is 2. The van der Waals surface area contributed by atoms with Crippen molar-refractivity contribution in [3.05, 3.63) is 59.5 Å². The summed E-state index contributed by atoms with van der Waals surface area (Å²) < 4.78 is 10.7. The first-order valence-electron chi connectivity index (χ1n) is 9.21. The highest BCUT2D eigenvalue weighted by Crippen LogP contribution is 2.26. The first-order valence-corrected chi connectivity index (χ1v) is 10.1. The average Bonchev–Trinajstić information content (AvgIpc) is 3.20. The molecule has 0 bridgehead atoms. The van der Waals surface area contributed by atoms with E-state index in [-0.39, 0.29) is 12.5 Å². The first kappa shape index (κ1) is 19.9. The van der Waals surface area contributed by atoms with Crippen LogP contribution in [-0.2, 0) is 4.79 Å². The van der Waals surface area contributed by atoms with Crippen LogP contribution in [0.1, 0.15) is 31.7 Å². The third-order valence-electron chi connectivity index (χ3n) is 4.57. The third kappa shape index (κ3) is 5.10. The number of thiazole rings is 1. The van der Waals surface area contributed by atoms with Gasteiger partial charge in [-0.3, -0.25) is 10.1 Å². The summed E-state index contributed by atoms with van der Waals surface area (Å²) in [5.41, 5.74) is 3.05. The molecule has 2 aromatic carbocycles. The van der Waals surface area contributed by atoms with E-state index >= 15 is 0 Å². The van der Waals surface area contributed by atoms with Crippen LogP contribution in [0.5, 0.6) is 11.5 Å². The van der Waals surface area contributed by atoms with E-state index in [2.05, 4.69) is 24.1 Å². The Morgan fingerprint density at radius 3 is 2.43 bits per heavy atom. The first-order chi connectivity index (χ1) is 13.6. The highest BCUT2D eigenvalue weighted by Gasteiger charge is 2.09. The molecule has 0 spiro atoms. The number of methoxy groups -OCH3 is 1. The fraction of sp³-hybridized carbons (Fsp3) is 0.273. The van der Waals surface area contributed by atoms with Crippen LogP contribution in [0.4, 0.5) is 5.13 Å². The van der Waals surface area contributed by atoms with Gasteiger partial charge in [-0.2, -0.15) is 0 Å². The number of hydrogen-bond donors (Lipinski definition) is 1. The monoisotopic (exact) mass is 396 g/mol. The van der Waals surface area contributed by atoms with Crippen LogP contribution in [0.3, 0.4) is 0 Å². The van der Waals surface area contributed by atoms with Crippen LogP contribution in [0.25, 0.3) is 11.3 Å². The van der Waals surface area contributed by atoms with Crippen molar-refractivity contribution in [3.63, 3.8) is 0 Å². The van der Waals surface area contributed by atoms with E-state index in [1.807, 2.05) is 53.9 Å². The minimum atomic E-state index is -0.235. The molecule has 1 amide bonds. The van der Waals surface area contributed by atoms with Gasteiger partial charge in [0.2, 0.25) is 0 Å². The van der Waals surface area contributed by atoms with Gasteiger partial charge in [-0.1, -0.05) is 26.0 Å². The van der Waals surface area contributed by atoms with Crippen molar-refractivity contribution < 1.29 is 14.3 Å². The molecular formula is C22H24N2O3S. The molecule has 6 heteroatoms. The van der Waals surface area contributed by atoms with Gasteiger partial charge >= 0.3 is 0 Å². The minimum Gasteiger partial charge on any atom is -0.497 e. The van der Waals surface area contributed by atoms with Gasteiger partial charge < -0.3 is 9.47 Å². The number of benzene rings is 2. The second-order valence-electron chi connectivity index (χ2n) is 6.48. The predicted octanol–water partition coefficient (Wildman–Crippen LogP) is 5.35. The van der Waals surface area contributed by atoms with E-state index in [0.717, 1.165) is 23.4 Å². The van der Waals surface area contributed by atoms with Crippen molar-refractivity contribution >= 4 is 22.4 Å². The van der Waals surface area contributed by atoms with Crippen molar-refractivity contribution in [2.24, 2.45) is 0 Å². The number of aromatic nitrogens is 1. The van der Waals surface area contributed by atoms with Crippen LogP contribution in [-0.4, -0.2) is 24.6 Å². The molecule has 3 aromatic rings. The highest BCUT2D eigenvalue weighted by molar-refractivity contribution is 7.14. The molecule has 1 aromatic heterocycles. The minimum absolute atomic E-state index is 0.0554. The summed E-state index contributed by atoms with van der Waals surface area (Å²) in [6.45, 7) is 4.30. The van der Waals surface area contributed by atoms with Crippen LogP contribution in [0, 0.1) is 0 Å². The number of carbonyl (C=O) groups is 1. The smallest absolute Gasteiger partial charge is 0.264 e. The second kappa shape index (κ2) is 9.37. The normalized spacial score (nSPS) is 11.7. The summed E-state index contributed by atoms with van der Waals surface area (Å²) in [6, 6.07) is 15.5. The summed E-state index contributed by atoms with van der Waals surface area (Å²) in [6.07, 6.45) is 1.09. The summed E-state index contributed by atoms with van der Waals surface area (Å²) >= 11 is 1.38. The number of hydrogen-bond acceptors (Lipinski definition) is 5. The molecule has 0 unspecified atom stereocenters. The lowest BCUT2D eigenvalue weighted by atomic mass is 9.99. The fourth-order valence-electron chi connectivity index (χ4n) is 2.66. The zero-order valence-corrected chi connectivity index (χ0v) is 17.1. The topological polar surface area (TPSA) is 60.5 Å². The summed E-state index contributed by atoms with van der Waals surface area (Å²) in [5.74, 6) is 1.76. The number of anilines is 1. The molecule has 1 N–H and O–H groups in total. The molecule has 0 saturated carbocycles. The maximum absolute atomic E-state index is 12.2. The zero-order chi connectivity index (χ0) is 19.9. The number of nitrogens with zero attached hydrogens (tertiary/aromatic N) is 1. The largest absolute Gasteiger partial charge is 0.497 e. The summed E-state index contributed by atoms with van der Waals surface area (Å²) in [7, 11) is 1.63. The third-order valence-corrected chi connectivity index (χ3v) is 5.33. The van der Waals surface area contributed by atoms with E-state index in [9.17, 15) is 4.79 Å². The van der Waals surface area contributed by atoms with Gasteiger partial charge in [0.05, 0.1) is 12.8 Å². The fourth-order valence-corrected chi connectivity index (χ4v) is 3.39. The van der Waals surface area contributed by atoms with Crippen molar-refractivity contribution in [1.29, 1.82) is 0 Å². The lowest BCUT2D eigenvalue weighted by Gasteiger charge is -2.10. The molecule has 0 aliphatic heterocycles. The van der Waals surface area contributed by atoms with E-state index in [4.69, 9.17) is 9.47 Å². The van der Waals surface area contributed by atoms with Gasteiger partial charge in [0.25, 0.3) is 5.91 Å². The molecule has 0 aliphatic carbocycles. The molecular weight excluding hydrogens is 372 g/mol.